The van der Waals surface area contributed by atoms with Crippen molar-refractivity contribution in [3.63, 3.8) is 0 Å². The Kier molecular flexibility index (Phi) is 8.83. The number of nitrogens with zero attached hydrogens (tertiary/aromatic N) is 1. The van der Waals surface area contributed by atoms with E-state index < -0.39 is 61.4 Å². The van der Waals surface area contributed by atoms with Crippen LogP contribution >= 0.6 is 0 Å². The van der Waals surface area contributed by atoms with E-state index in [-0.39, 0.29) is 30.8 Å². The lowest BCUT2D eigenvalue weighted by molar-refractivity contribution is -0.138. The molecule has 0 bridgehead atoms. The van der Waals surface area contributed by atoms with Crippen LogP contribution in [-0.2, 0) is 16.1 Å². The number of carbonyl (C=O) groups is 2. The maximum absolute atomic E-state index is 13.7. The molecule has 0 saturated heterocycles. The predicted molar refractivity (Wildman–Crippen MR) is 121 cm³/mol. The van der Waals surface area contributed by atoms with Crippen LogP contribution in [-0.4, -0.2) is 35.1 Å². The van der Waals surface area contributed by atoms with E-state index in [1.54, 1.807) is 30.3 Å². The molecule has 2 atom stereocenters. The van der Waals surface area contributed by atoms with E-state index in [9.17, 15) is 31.5 Å². The predicted octanol–water partition coefficient (Wildman–Crippen LogP) is 5.09. The van der Waals surface area contributed by atoms with Gasteiger partial charge in [0.1, 0.15) is 18.5 Å². The van der Waals surface area contributed by atoms with Crippen molar-refractivity contribution in [2.75, 3.05) is 5.32 Å². The van der Waals surface area contributed by atoms with Gasteiger partial charge < -0.3 is 21.1 Å². The van der Waals surface area contributed by atoms with Crippen molar-refractivity contribution in [2.24, 2.45) is 11.7 Å². The van der Waals surface area contributed by atoms with Crippen molar-refractivity contribution < 1.29 is 36.3 Å². The van der Waals surface area contributed by atoms with Crippen molar-refractivity contribution in [1.29, 1.82) is 0 Å². The Morgan fingerprint density at radius 3 is 2.44 bits per heavy atom. The molecule has 1 unspecified atom stereocenters. The average Bonchev–Trinajstić information content (AvgIpc) is 2.81. The van der Waals surface area contributed by atoms with Crippen molar-refractivity contribution >= 4 is 17.8 Å². The highest BCUT2D eigenvalue weighted by Crippen LogP contribution is 2.38. The third-order valence-electron chi connectivity index (χ3n) is 5.92. The van der Waals surface area contributed by atoms with Gasteiger partial charge in [-0.1, -0.05) is 30.3 Å². The Morgan fingerprint density at radius 2 is 1.81 bits per heavy atom. The molecule has 1 aromatic carbocycles. The van der Waals surface area contributed by atoms with Crippen molar-refractivity contribution in [3.8, 4) is 0 Å². The number of halogens is 5. The maximum atomic E-state index is 13.7. The fourth-order valence-electron chi connectivity index (χ4n) is 4.00. The van der Waals surface area contributed by atoms with E-state index in [4.69, 9.17) is 10.5 Å². The zero-order chi connectivity index (χ0) is 26.3. The van der Waals surface area contributed by atoms with Crippen LogP contribution in [0.4, 0.5) is 32.6 Å². The third kappa shape index (κ3) is 8.43. The van der Waals surface area contributed by atoms with Crippen LogP contribution in [0.3, 0.4) is 0 Å². The van der Waals surface area contributed by atoms with Crippen LogP contribution in [0.5, 0.6) is 0 Å². The molecule has 1 saturated carbocycles. The van der Waals surface area contributed by atoms with E-state index in [0.717, 1.165) is 0 Å². The van der Waals surface area contributed by atoms with E-state index >= 15 is 0 Å². The molecule has 2 amide bonds. The van der Waals surface area contributed by atoms with Gasteiger partial charge in [-0.05, 0) is 42.0 Å². The van der Waals surface area contributed by atoms with Crippen LogP contribution in [0.1, 0.15) is 49.3 Å². The summed E-state index contributed by atoms with van der Waals surface area (Å²) in [6.07, 6.45) is -6.39. The summed E-state index contributed by atoms with van der Waals surface area (Å²) in [5.41, 5.74) is 6.43. The summed E-state index contributed by atoms with van der Waals surface area (Å²) in [5, 5.41) is 4.91. The minimum Gasteiger partial charge on any atom is -0.445 e. The molecule has 1 aliphatic carbocycles. The number of anilines is 1. The smallest absolute Gasteiger partial charge is 0.408 e. The van der Waals surface area contributed by atoms with E-state index in [1.165, 1.54) is 18.3 Å². The van der Waals surface area contributed by atoms with Gasteiger partial charge in [-0.25, -0.2) is 18.6 Å². The SMILES string of the molecule is NC(CC(F)(F)F)c1ccnc(NC(=O)[C@H](NC(=O)OCc2ccccc2)C2CCC(F)(F)CC2)c1. The number of nitrogens with one attached hydrogen (secondary N) is 2. The maximum Gasteiger partial charge on any atom is 0.408 e. The number of benzene rings is 1. The Morgan fingerprint density at radius 1 is 1.14 bits per heavy atom. The van der Waals surface area contributed by atoms with Gasteiger partial charge in [-0.2, -0.15) is 13.2 Å². The highest BCUT2D eigenvalue weighted by Gasteiger charge is 2.40. The number of alkyl halides is 5. The van der Waals surface area contributed by atoms with Crippen molar-refractivity contribution in [1.82, 2.24) is 10.3 Å². The Balaban J connectivity index is 1.70. The zero-order valence-corrected chi connectivity index (χ0v) is 19.2. The van der Waals surface area contributed by atoms with Crippen LogP contribution in [0.25, 0.3) is 0 Å². The quantitative estimate of drug-likeness (QED) is 0.426. The molecule has 0 radical (unpaired) electrons. The molecule has 12 heteroatoms. The van der Waals surface area contributed by atoms with E-state index in [0.29, 0.717) is 5.56 Å². The van der Waals surface area contributed by atoms with E-state index in [2.05, 4.69) is 15.6 Å². The minimum absolute atomic E-state index is 0.0199. The van der Waals surface area contributed by atoms with Gasteiger partial charge in [0.15, 0.2) is 0 Å². The topological polar surface area (TPSA) is 106 Å². The second-order valence-corrected chi connectivity index (χ2v) is 8.77. The molecule has 1 fully saturated rings. The Hall–Kier alpha value is -3.28. The summed E-state index contributed by atoms with van der Waals surface area (Å²) in [6.45, 7) is -0.0650. The summed E-state index contributed by atoms with van der Waals surface area (Å²) in [4.78, 5) is 29.4. The standard InChI is InChI=1S/C24H27F5N4O3/c25-23(26)9-6-16(7-10-23)20(33-22(35)36-14-15-4-2-1-3-5-15)21(34)32-19-12-17(8-11-31-19)18(30)13-24(27,28)29/h1-5,8,11-12,16,18,20H,6-7,9-10,13-14,30H2,(H,33,35)(H,31,32,34)/t18?,20-/m1/s1. The molecular weight excluding hydrogens is 487 g/mol. The fourth-order valence-corrected chi connectivity index (χ4v) is 4.00. The molecule has 196 valence electrons. The van der Waals surface area contributed by atoms with Gasteiger partial charge in [0, 0.05) is 25.1 Å². The number of rotatable bonds is 8. The number of alkyl carbamates (subject to hydrolysis) is 1. The minimum atomic E-state index is -4.48. The Labute approximate surface area is 204 Å². The molecule has 36 heavy (non-hydrogen) atoms. The third-order valence-corrected chi connectivity index (χ3v) is 5.92. The fraction of sp³-hybridized carbons (Fsp3) is 0.458. The van der Waals surface area contributed by atoms with Gasteiger partial charge in [-0.3, -0.25) is 4.79 Å². The first-order valence-electron chi connectivity index (χ1n) is 11.4. The number of amides is 2. The van der Waals surface area contributed by atoms with Crippen molar-refractivity contribution in [3.05, 3.63) is 59.8 Å². The molecular formula is C24H27F5N4O3. The number of pyridine rings is 1. The molecule has 1 heterocycles. The van der Waals surface area contributed by atoms with E-state index in [1.807, 2.05) is 0 Å². The molecule has 7 nitrogen and oxygen atoms in total. The molecule has 1 aromatic heterocycles. The molecule has 2 aromatic rings. The van der Waals surface area contributed by atoms with Crippen LogP contribution < -0.4 is 16.4 Å². The lowest BCUT2D eigenvalue weighted by Gasteiger charge is -2.33. The molecule has 0 aliphatic heterocycles. The molecule has 3 rings (SSSR count). The number of ether oxygens (including phenoxy) is 1. The molecule has 1 aliphatic rings. The largest absolute Gasteiger partial charge is 0.445 e. The first-order chi connectivity index (χ1) is 16.9. The van der Waals surface area contributed by atoms with Gasteiger partial charge >= 0.3 is 12.3 Å². The van der Waals surface area contributed by atoms with Crippen LogP contribution in [0.2, 0.25) is 0 Å². The normalized spacial score (nSPS) is 17.6. The van der Waals surface area contributed by atoms with Gasteiger partial charge in [0.25, 0.3) is 0 Å². The first kappa shape index (κ1) is 27.3. The second kappa shape index (κ2) is 11.6. The van der Waals surface area contributed by atoms with Gasteiger partial charge in [0.2, 0.25) is 11.8 Å². The number of nitrogens with two attached hydrogens (primary N) is 1. The number of hydrogen-bond acceptors (Lipinski definition) is 5. The number of aromatic nitrogens is 1. The average molecular weight is 514 g/mol. The lowest BCUT2D eigenvalue weighted by atomic mass is 9.81. The van der Waals surface area contributed by atoms with Crippen LogP contribution in [0, 0.1) is 5.92 Å². The Bertz CT molecular complexity index is 1030. The number of hydrogen-bond donors (Lipinski definition) is 3. The highest BCUT2D eigenvalue weighted by atomic mass is 19.4. The molecule has 0 spiro atoms. The highest BCUT2D eigenvalue weighted by molar-refractivity contribution is 5.96. The van der Waals surface area contributed by atoms with Crippen LogP contribution in [0.15, 0.2) is 48.7 Å². The summed E-state index contributed by atoms with van der Waals surface area (Å²) < 4.78 is 70.6. The summed E-state index contributed by atoms with van der Waals surface area (Å²) >= 11 is 0. The first-order valence-corrected chi connectivity index (χ1v) is 11.4. The van der Waals surface area contributed by atoms with Gasteiger partial charge in [0.05, 0.1) is 6.42 Å². The molecule has 4 N–H and O–H groups in total. The zero-order valence-electron chi connectivity index (χ0n) is 19.2. The summed E-state index contributed by atoms with van der Waals surface area (Å²) in [7, 11) is 0. The lowest BCUT2D eigenvalue weighted by Crippen LogP contribution is -2.50. The van der Waals surface area contributed by atoms with Crippen molar-refractivity contribution in [2.45, 2.75) is 62.9 Å². The summed E-state index contributed by atoms with van der Waals surface area (Å²) in [6, 6.07) is 8.70. The second-order valence-electron chi connectivity index (χ2n) is 8.77. The summed E-state index contributed by atoms with van der Waals surface area (Å²) in [5.74, 6) is -4.29. The number of carbonyl (C=O) groups excluding carboxylic acids is 2. The monoisotopic (exact) mass is 514 g/mol. The van der Waals surface area contributed by atoms with Gasteiger partial charge in [-0.15, -0.1) is 0 Å².